The van der Waals surface area contributed by atoms with Crippen molar-refractivity contribution in [2.75, 3.05) is 0 Å². The lowest BCUT2D eigenvalue weighted by Gasteiger charge is -2.08. The normalized spacial score (nSPS) is 10.6. The summed E-state index contributed by atoms with van der Waals surface area (Å²) < 4.78 is 33.0. The fourth-order valence-corrected chi connectivity index (χ4v) is 1.99. The van der Waals surface area contributed by atoms with Gasteiger partial charge in [-0.1, -0.05) is 11.6 Å². The van der Waals surface area contributed by atoms with Gasteiger partial charge in [-0.05, 0) is 24.3 Å². The van der Waals surface area contributed by atoms with Crippen LogP contribution in [0.15, 0.2) is 47.4 Å². The van der Waals surface area contributed by atoms with Crippen molar-refractivity contribution in [1.29, 1.82) is 0 Å². The smallest absolute Gasteiger partial charge is 0.264 e. The van der Waals surface area contributed by atoms with Gasteiger partial charge in [-0.3, -0.25) is 4.79 Å². The Hall–Kier alpha value is -2.80. The Bertz CT molecular complexity index is 910. The Kier molecular flexibility index (Phi) is 4.03. The molecule has 0 aliphatic rings. The highest BCUT2D eigenvalue weighted by Crippen LogP contribution is 2.28. The van der Waals surface area contributed by atoms with Gasteiger partial charge in [-0.15, -0.1) is 0 Å². The first-order chi connectivity index (χ1) is 11.0. The van der Waals surface area contributed by atoms with E-state index in [9.17, 15) is 13.6 Å². The van der Waals surface area contributed by atoms with E-state index in [2.05, 4.69) is 15.2 Å². The third kappa shape index (κ3) is 3.35. The molecule has 2 heterocycles. The second kappa shape index (κ2) is 6.13. The molecule has 116 valence electrons. The zero-order chi connectivity index (χ0) is 16.4. The number of hydrogen-bond donors (Lipinski definition) is 1. The second-order valence-corrected chi connectivity index (χ2v) is 4.93. The van der Waals surface area contributed by atoms with E-state index in [1.807, 2.05) is 0 Å². The number of ether oxygens (including phenoxy) is 1. The Balaban J connectivity index is 1.90. The van der Waals surface area contributed by atoms with Gasteiger partial charge in [-0.2, -0.15) is 5.10 Å². The molecule has 0 spiro atoms. The minimum Gasteiger partial charge on any atom is -0.436 e. The van der Waals surface area contributed by atoms with Crippen LogP contribution in [0.5, 0.6) is 11.6 Å². The van der Waals surface area contributed by atoms with Crippen LogP contribution in [-0.4, -0.2) is 15.2 Å². The number of nitrogens with zero attached hydrogens (tertiary/aromatic N) is 2. The fourth-order valence-electron chi connectivity index (χ4n) is 1.85. The first kappa shape index (κ1) is 15.1. The van der Waals surface area contributed by atoms with Gasteiger partial charge < -0.3 is 4.74 Å². The maximum absolute atomic E-state index is 14.2. The molecular formula is C15H8ClF2N3O2. The lowest BCUT2D eigenvalue weighted by Crippen LogP contribution is -2.06. The topological polar surface area (TPSA) is 67.9 Å². The Morgan fingerprint density at radius 3 is 2.57 bits per heavy atom. The number of H-pyrrole nitrogens is 1. The largest absolute Gasteiger partial charge is 0.436 e. The fraction of sp³-hybridized carbons (Fsp3) is 0. The van der Waals surface area contributed by atoms with Crippen molar-refractivity contribution in [2.24, 2.45) is 0 Å². The molecule has 0 atom stereocenters. The van der Waals surface area contributed by atoms with Gasteiger partial charge in [0.15, 0.2) is 5.82 Å². The number of nitrogens with one attached hydrogen (secondary N) is 1. The van der Waals surface area contributed by atoms with Gasteiger partial charge >= 0.3 is 0 Å². The number of aromatic amines is 1. The first-order valence-electron chi connectivity index (χ1n) is 6.37. The van der Waals surface area contributed by atoms with Crippen LogP contribution < -0.4 is 10.3 Å². The van der Waals surface area contributed by atoms with Crippen molar-refractivity contribution in [3.8, 4) is 22.9 Å². The highest BCUT2D eigenvalue weighted by Gasteiger charge is 2.11. The van der Waals surface area contributed by atoms with Gasteiger partial charge in [0.1, 0.15) is 11.6 Å². The molecule has 0 fully saturated rings. The molecule has 3 aromatic rings. The average Bonchev–Trinajstić information content (AvgIpc) is 2.51. The summed E-state index contributed by atoms with van der Waals surface area (Å²) in [6.45, 7) is 0. The summed E-state index contributed by atoms with van der Waals surface area (Å²) >= 11 is 5.59. The molecule has 1 aromatic carbocycles. The van der Waals surface area contributed by atoms with Crippen LogP contribution in [0.25, 0.3) is 11.3 Å². The van der Waals surface area contributed by atoms with Gasteiger partial charge in [0.05, 0.1) is 10.7 Å². The number of rotatable bonds is 3. The molecule has 3 rings (SSSR count). The highest BCUT2D eigenvalue weighted by molar-refractivity contribution is 6.30. The van der Waals surface area contributed by atoms with Crippen LogP contribution in [0, 0.1) is 11.6 Å². The van der Waals surface area contributed by atoms with Crippen molar-refractivity contribution in [3.63, 3.8) is 0 Å². The van der Waals surface area contributed by atoms with Crippen LogP contribution in [0.1, 0.15) is 0 Å². The molecule has 0 radical (unpaired) electrons. The summed E-state index contributed by atoms with van der Waals surface area (Å²) in [5, 5.41) is 6.08. The minimum absolute atomic E-state index is 0.0596. The molecule has 1 N–H and O–H groups in total. The van der Waals surface area contributed by atoms with Gasteiger partial charge in [0, 0.05) is 23.9 Å². The van der Waals surface area contributed by atoms with E-state index in [-0.39, 0.29) is 27.9 Å². The molecule has 5 nitrogen and oxygen atoms in total. The van der Waals surface area contributed by atoms with E-state index in [0.29, 0.717) is 0 Å². The summed E-state index contributed by atoms with van der Waals surface area (Å²) in [7, 11) is 0. The van der Waals surface area contributed by atoms with Crippen LogP contribution in [0.3, 0.4) is 0 Å². The number of aromatic nitrogens is 3. The van der Waals surface area contributed by atoms with Gasteiger partial charge in [0.25, 0.3) is 11.4 Å². The molecule has 0 unspecified atom stereocenters. The first-order valence-corrected chi connectivity index (χ1v) is 6.75. The molecule has 0 saturated carbocycles. The lowest BCUT2D eigenvalue weighted by molar-refractivity contribution is 0.420. The zero-order valence-corrected chi connectivity index (χ0v) is 12.1. The predicted molar refractivity (Wildman–Crippen MR) is 79.5 cm³/mol. The van der Waals surface area contributed by atoms with Crippen LogP contribution >= 0.6 is 11.6 Å². The molecule has 0 aliphatic heterocycles. The van der Waals surface area contributed by atoms with Crippen molar-refractivity contribution in [3.05, 3.63) is 69.6 Å². The van der Waals surface area contributed by atoms with Crippen molar-refractivity contribution < 1.29 is 13.5 Å². The SMILES string of the molecule is O=c1ccc(-c2ccc(Oc3ncc(Cl)cc3F)cc2F)n[nH]1. The number of hydrogen-bond acceptors (Lipinski definition) is 4. The molecule has 2 aromatic heterocycles. The molecule has 23 heavy (non-hydrogen) atoms. The van der Waals surface area contributed by atoms with Crippen molar-refractivity contribution >= 4 is 11.6 Å². The van der Waals surface area contributed by atoms with Gasteiger partial charge in [-0.25, -0.2) is 18.9 Å². The number of halogens is 3. The Labute approximate surface area is 133 Å². The van der Waals surface area contributed by atoms with E-state index in [0.717, 1.165) is 12.1 Å². The van der Waals surface area contributed by atoms with Gasteiger partial charge in [0.2, 0.25) is 0 Å². The molecule has 8 heteroatoms. The van der Waals surface area contributed by atoms with Crippen molar-refractivity contribution in [2.45, 2.75) is 0 Å². The highest BCUT2D eigenvalue weighted by atomic mass is 35.5. The van der Waals surface area contributed by atoms with E-state index >= 15 is 0 Å². The van der Waals surface area contributed by atoms with Crippen molar-refractivity contribution in [1.82, 2.24) is 15.2 Å². The zero-order valence-electron chi connectivity index (χ0n) is 11.4. The molecular weight excluding hydrogens is 328 g/mol. The van der Waals surface area contributed by atoms with Crippen LogP contribution in [0.2, 0.25) is 5.02 Å². The van der Waals surface area contributed by atoms with E-state index in [4.69, 9.17) is 16.3 Å². The Morgan fingerprint density at radius 1 is 1.09 bits per heavy atom. The maximum atomic E-state index is 14.2. The third-order valence-electron chi connectivity index (χ3n) is 2.88. The standard InChI is InChI=1S/C15H8ClF2N3O2/c16-8-5-12(18)15(19-7-8)23-9-1-2-10(11(17)6-9)13-3-4-14(22)21-20-13/h1-7H,(H,21,22). The van der Waals surface area contributed by atoms with E-state index in [1.54, 1.807) is 0 Å². The average molecular weight is 336 g/mol. The summed E-state index contributed by atoms with van der Waals surface area (Å²) in [4.78, 5) is 14.7. The third-order valence-corrected chi connectivity index (χ3v) is 3.09. The summed E-state index contributed by atoms with van der Waals surface area (Å²) in [6.07, 6.45) is 1.22. The number of pyridine rings is 1. The predicted octanol–water partition coefficient (Wildman–Crippen LogP) is 3.56. The monoisotopic (exact) mass is 335 g/mol. The summed E-state index contributed by atoms with van der Waals surface area (Å²) in [6, 6.07) is 7.56. The maximum Gasteiger partial charge on any atom is 0.264 e. The molecule has 0 aliphatic carbocycles. The van der Waals surface area contributed by atoms with Crippen LogP contribution in [0.4, 0.5) is 8.78 Å². The van der Waals surface area contributed by atoms with E-state index < -0.39 is 17.2 Å². The second-order valence-electron chi connectivity index (χ2n) is 4.49. The summed E-state index contributed by atoms with van der Waals surface area (Å²) in [5.74, 6) is -1.66. The summed E-state index contributed by atoms with van der Waals surface area (Å²) in [5.41, 5.74) is 0.0287. The number of benzene rings is 1. The minimum atomic E-state index is -0.760. The lowest BCUT2D eigenvalue weighted by atomic mass is 10.1. The quantitative estimate of drug-likeness (QED) is 0.794. The van der Waals surface area contributed by atoms with Crippen LogP contribution in [-0.2, 0) is 0 Å². The Morgan fingerprint density at radius 2 is 1.91 bits per heavy atom. The molecule has 0 bridgehead atoms. The van der Waals surface area contributed by atoms with E-state index in [1.165, 1.54) is 30.5 Å². The molecule has 0 saturated heterocycles. The molecule has 0 amide bonds.